The molecule has 0 aromatic heterocycles. The molecular weight excluding hydrogens is 571 g/mol. The molecule has 0 heterocycles. The molecule has 0 radical (unpaired) electrons. The van der Waals surface area contributed by atoms with E-state index in [1.54, 1.807) is 42.5 Å². The van der Waals surface area contributed by atoms with Crippen LogP contribution in [0.2, 0.25) is 0 Å². The number of amides is 4. The van der Waals surface area contributed by atoms with E-state index in [2.05, 4.69) is 20.7 Å². The summed E-state index contributed by atoms with van der Waals surface area (Å²) in [5, 5.41) is 7.87. The Labute approximate surface area is 256 Å². The number of hydrogen-bond donors (Lipinski definition) is 4. The van der Waals surface area contributed by atoms with E-state index in [0.717, 1.165) is 11.6 Å². The Morgan fingerprint density at radius 3 is 2.00 bits per heavy atom. The van der Waals surface area contributed by atoms with Crippen LogP contribution in [0.15, 0.2) is 72.6 Å². The summed E-state index contributed by atoms with van der Waals surface area (Å²) < 4.78 is 24.4. The highest BCUT2D eigenvalue weighted by Crippen LogP contribution is 2.11. The molecule has 11 nitrogen and oxygen atoms in total. The van der Waals surface area contributed by atoms with E-state index in [9.17, 15) is 28.4 Å². The van der Waals surface area contributed by atoms with Gasteiger partial charge in [-0.3, -0.25) is 14.4 Å². The normalized spacial score (nSPS) is 13.2. The molecule has 0 saturated heterocycles. The SMILES string of the molecule is CCOC(=O)/C(F)=C/[C@H](CCC(N)=O)NC(=O)[C@H](Cc1ccccc1)NC(=O)[C@H](CC(C)C)NC(=O)OCc1ccccc1. The second kappa shape index (κ2) is 18.7. The molecule has 0 aliphatic heterocycles. The molecule has 5 N–H and O–H groups in total. The van der Waals surface area contributed by atoms with E-state index in [1.165, 1.54) is 6.92 Å². The first kappa shape index (κ1) is 35.5. The highest BCUT2D eigenvalue weighted by molar-refractivity contribution is 5.92. The smallest absolute Gasteiger partial charge is 0.408 e. The summed E-state index contributed by atoms with van der Waals surface area (Å²) in [6.07, 6.45) is 0.0263. The van der Waals surface area contributed by atoms with Gasteiger partial charge in [0.25, 0.3) is 0 Å². The fourth-order valence-electron chi connectivity index (χ4n) is 4.16. The monoisotopic (exact) mass is 612 g/mol. The molecule has 0 aliphatic carbocycles. The number of nitrogens with one attached hydrogen (secondary N) is 3. The van der Waals surface area contributed by atoms with Crippen molar-refractivity contribution in [2.75, 3.05) is 6.61 Å². The quantitative estimate of drug-likeness (QED) is 0.157. The summed E-state index contributed by atoms with van der Waals surface area (Å²) in [4.78, 5) is 62.8. The maximum atomic E-state index is 14.5. The fraction of sp³-hybridized carbons (Fsp3) is 0.406. The lowest BCUT2D eigenvalue weighted by molar-refractivity contribution is -0.140. The lowest BCUT2D eigenvalue weighted by Gasteiger charge is -2.25. The average Bonchev–Trinajstić information content (AvgIpc) is 2.99. The molecule has 2 aromatic carbocycles. The number of nitrogens with two attached hydrogens (primary N) is 1. The Hall–Kier alpha value is -4.74. The number of primary amides is 1. The molecule has 3 atom stereocenters. The summed E-state index contributed by atoms with van der Waals surface area (Å²) in [6, 6.07) is 14.6. The number of halogens is 1. The van der Waals surface area contributed by atoms with Crippen molar-refractivity contribution in [2.45, 2.75) is 71.2 Å². The van der Waals surface area contributed by atoms with Gasteiger partial charge in [-0.25, -0.2) is 9.59 Å². The molecule has 0 saturated carbocycles. The third kappa shape index (κ3) is 13.5. The Bertz CT molecular complexity index is 1270. The lowest BCUT2D eigenvalue weighted by Crippen LogP contribution is -2.55. The second-order valence-electron chi connectivity index (χ2n) is 10.5. The summed E-state index contributed by atoms with van der Waals surface area (Å²) in [6.45, 7) is 5.20. The predicted octanol–water partition coefficient (Wildman–Crippen LogP) is 3.22. The highest BCUT2D eigenvalue weighted by atomic mass is 19.1. The predicted molar refractivity (Wildman–Crippen MR) is 161 cm³/mol. The zero-order valence-electron chi connectivity index (χ0n) is 25.2. The van der Waals surface area contributed by atoms with Crippen molar-refractivity contribution in [2.24, 2.45) is 11.7 Å². The highest BCUT2D eigenvalue weighted by Gasteiger charge is 2.29. The Kier molecular flexibility index (Phi) is 15.1. The minimum atomic E-state index is -1.25. The van der Waals surface area contributed by atoms with Crippen molar-refractivity contribution in [3.63, 3.8) is 0 Å². The van der Waals surface area contributed by atoms with Crippen LogP contribution in [-0.2, 0) is 41.7 Å². The van der Waals surface area contributed by atoms with Crippen LogP contribution in [0.3, 0.4) is 0 Å². The van der Waals surface area contributed by atoms with Crippen molar-refractivity contribution in [3.8, 4) is 0 Å². The second-order valence-corrected chi connectivity index (χ2v) is 10.5. The maximum absolute atomic E-state index is 14.5. The number of hydrogen-bond acceptors (Lipinski definition) is 7. The fourth-order valence-corrected chi connectivity index (χ4v) is 4.16. The number of esters is 1. The first-order valence-electron chi connectivity index (χ1n) is 14.4. The number of rotatable bonds is 17. The number of carbonyl (C=O) groups is 5. The van der Waals surface area contributed by atoms with Gasteiger partial charge in [0.1, 0.15) is 18.7 Å². The number of benzene rings is 2. The summed E-state index contributed by atoms with van der Waals surface area (Å²) in [5.41, 5.74) is 6.73. The minimum Gasteiger partial charge on any atom is -0.461 e. The van der Waals surface area contributed by atoms with E-state index >= 15 is 0 Å². The minimum absolute atomic E-state index is 0.00394. The van der Waals surface area contributed by atoms with Crippen molar-refractivity contribution in [1.82, 2.24) is 16.0 Å². The first-order valence-corrected chi connectivity index (χ1v) is 14.4. The summed E-state index contributed by atoms with van der Waals surface area (Å²) in [5.74, 6) is -4.50. The molecule has 0 unspecified atom stereocenters. The largest absolute Gasteiger partial charge is 0.461 e. The number of ether oxygens (including phenoxy) is 2. The van der Waals surface area contributed by atoms with Gasteiger partial charge in [-0.2, -0.15) is 4.39 Å². The molecule has 2 aromatic rings. The number of carbonyl (C=O) groups excluding carboxylic acids is 5. The van der Waals surface area contributed by atoms with Crippen LogP contribution in [0.4, 0.5) is 9.18 Å². The third-order valence-corrected chi connectivity index (χ3v) is 6.29. The van der Waals surface area contributed by atoms with Gasteiger partial charge < -0.3 is 31.2 Å². The van der Waals surface area contributed by atoms with Crippen LogP contribution in [0.1, 0.15) is 51.2 Å². The van der Waals surface area contributed by atoms with Crippen molar-refractivity contribution in [3.05, 3.63) is 83.7 Å². The third-order valence-electron chi connectivity index (χ3n) is 6.29. The van der Waals surface area contributed by atoms with Gasteiger partial charge >= 0.3 is 12.1 Å². The molecule has 0 aliphatic rings. The van der Waals surface area contributed by atoms with Crippen LogP contribution < -0.4 is 21.7 Å². The lowest BCUT2D eigenvalue weighted by atomic mass is 10.0. The van der Waals surface area contributed by atoms with Gasteiger partial charge in [0.05, 0.1) is 12.6 Å². The van der Waals surface area contributed by atoms with E-state index in [-0.39, 0.29) is 44.8 Å². The van der Waals surface area contributed by atoms with Crippen LogP contribution >= 0.6 is 0 Å². The molecule has 2 rings (SSSR count). The van der Waals surface area contributed by atoms with Gasteiger partial charge in [0.15, 0.2) is 0 Å². The zero-order chi connectivity index (χ0) is 32.5. The zero-order valence-corrected chi connectivity index (χ0v) is 25.2. The summed E-state index contributed by atoms with van der Waals surface area (Å²) in [7, 11) is 0. The van der Waals surface area contributed by atoms with Gasteiger partial charge in [-0.15, -0.1) is 0 Å². The van der Waals surface area contributed by atoms with Crippen LogP contribution in [-0.4, -0.2) is 54.5 Å². The molecule has 0 bridgehead atoms. The Balaban J connectivity index is 2.24. The molecule has 4 amide bonds. The van der Waals surface area contributed by atoms with E-state index in [4.69, 9.17) is 10.5 Å². The molecular formula is C32H41FN4O7. The summed E-state index contributed by atoms with van der Waals surface area (Å²) >= 11 is 0. The van der Waals surface area contributed by atoms with Crippen LogP contribution in [0.25, 0.3) is 0 Å². The molecule has 12 heteroatoms. The van der Waals surface area contributed by atoms with E-state index in [1.807, 2.05) is 32.0 Å². The van der Waals surface area contributed by atoms with Crippen molar-refractivity contribution in [1.29, 1.82) is 0 Å². The van der Waals surface area contributed by atoms with Gasteiger partial charge in [0.2, 0.25) is 23.5 Å². The van der Waals surface area contributed by atoms with Crippen LogP contribution in [0.5, 0.6) is 0 Å². The number of alkyl carbamates (subject to hydrolysis) is 1. The average molecular weight is 613 g/mol. The van der Waals surface area contributed by atoms with Gasteiger partial charge in [-0.1, -0.05) is 74.5 Å². The maximum Gasteiger partial charge on any atom is 0.408 e. The van der Waals surface area contributed by atoms with E-state index in [0.29, 0.717) is 5.56 Å². The van der Waals surface area contributed by atoms with Crippen molar-refractivity contribution >= 4 is 29.8 Å². The Morgan fingerprint density at radius 2 is 1.43 bits per heavy atom. The molecule has 0 fully saturated rings. The van der Waals surface area contributed by atoms with Gasteiger partial charge in [0, 0.05) is 12.8 Å². The van der Waals surface area contributed by atoms with E-state index < -0.39 is 53.7 Å². The molecule has 44 heavy (non-hydrogen) atoms. The van der Waals surface area contributed by atoms with Gasteiger partial charge in [-0.05, 0) is 42.9 Å². The van der Waals surface area contributed by atoms with Crippen molar-refractivity contribution < 1.29 is 37.8 Å². The topological polar surface area (TPSA) is 166 Å². The standard InChI is InChI=1S/C32H41FN4O7/c1-4-43-31(41)25(33)19-24(15-16-28(34)38)35-29(39)27(18-22-11-7-5-8-12-22)36-30(40)26(17-21(2)3)37-32(42)44-20-23-13-9-6-10-14-23/h5-14,19,21,24,26-27H,4,15-18,20H2,1-3H3,(H2,34,38)(H,35,39)(H,36,40)(H,37,42)/b25-19-/t24-,26-,27-/m0/s1. The molecule has 238 valence electrons. The Morgan fingerprint density at radius 1 is 0.841 bits per heavy atom. The molecule has 0 spiro atoms. The first-order chi connectivity index (χ1) is 21.0. The van der Waals surface area contributed by atoms with Crippen LogP contribution in [0, 0.1) is 5.92 Å².